The molecule has 5 nitrogen and oxygen atoms in total. The molecule has 1 aromatic rings. The molecule has 0 radical (unpaired) electrons. The average molecular weight is 249 g/mol. The molecule has 2 rings (SSSR count). The number of nitrogens with zero attached hydrogens (tertiary/aromatic N) is 3. The summed E-state index contributed by atoms with van der Waals surface area (Å²) < 4.78 is 0. The van der Waals surface area contributed by atoms with Crippen molar-refractivity contribution in [1.29, 1.82) is 0 Å². The maximum atomic E-state index is 5.41. The van der Waals surface area contributed by atoms with Crippen molar-refractivity contribution in [2.75, 3.05) is 18.5 Å². The van der Waals surface area contributed by atoms with E-state index >= 15 is 0 Å². The van der Waals surface area contributed by atoms with Crippen molar-refractivity contribution < 1.29 is 0 Å². The van der Waals surface area contributed by atoms with E-state index in [0.717, 1.165) is 30.5 Å². The van der Waals surface area contributed by atoms with Crippen molar-refractivity contribution in [3.8, 4) is 0 Å². The lowest BCUT2D eigenvalue weighted by Gasteiger charge is -2.20. The predicted octanol–water partition coefficient (Wildman–Crippen LogP) is 1.69. The average Bonchev–Trinajstić information content (AvgIpc) is 3.12. The zero-order chi connectivity index (χ0) is 13.0. The Morgan fingerprint density at radius 1 is 1.44 bits per heavy atom. The summed E-state index contributed by atoms with van der Waals surface area (Å²) in [5, 5.41) is 0. The van der Waals surface area contributed by atoms with Gasteiger partial charge < -0.3 is 5.43 Å². The fourth-order valence-electron chi connectivity index (χ4n) is 2.19. The van der Waals surface area contributed by atoms with Crippen LogP contribution in [0.25, 0.3) is 0 Å². The Morgan fingerprint density at radius 3 is 2.83 bits per heavy atom. The largest absolute Gasteiger partial charge is 0.308 e. The minimum Gasteiger partial charge on any atom is -0.308 e. The van der Waals surface area contributed by atoms with Crippen LogP contribution in [0.5, 0.6) is 0 Å². The number of rotatable bonds is 7. The van der Waals surface area contributed by atoms with Crippen LogP contribution in [0.3, 0.4) is 0 Å². The Hall–Kier alpha value is -1.20. The number of aromatic nitrogens is 2. The molecule has 0 amide bonds. The minimum absolute atomic E-state index is 0.695. The number of anilines is 1. The number of hydrogen-bond acceptors (Lipinski definition) is 5. The number of nitrogen functional groups attached to an aromatic ring is 1. The van der Waals surface area contributed by atoms with Crippen LogP contribution in [0, 0.1) is 12.8 Å². The topological polar surface area (TPSA) is 67.1 Å². The molecule has 18 heavy (non-hydrogen) atoms. The standard InChI is InChI=1S/C13H23N5/c1-3-6-18(8-11-4-5-11)9-13-15-10(2)7-12(16-13)17-14/h7,11H,3-6,8-9,14H2,1-2H3,(H,15,16,17). The van der Waals surface area contributed by atoms with Gasteiger partial charge in [-0.15, -0.1) is 0 Å². The molecule has 0 spiro atoms. The third-order valence-corrected chi connectivity index (χ3v) is 3.17. The normalized spacial score (nSPS) is 15.1. The lowest BCUT2D eigenvalue weighted by Crippen LogP contribution is -2.27. The highest BCUT2D eigenvalue weighted by Crippen LogP contribution is 2.30. The lowest BCUT2D eigenvalue weighted by molar-refractivity contribution is 0.249. The highest BCUT2D eigenvalue weighted by atomic mass is 15.3. The molecule has 1 aliphatic carbocycles. The van der Waals surface area contributed by atoms with Crippen LogP contribution in [0.2, 0.25) is 0 Å². The van der Waals surface area contributed by atoms with Gasteiger partial charge in [-0.25, -0.2) is 15.8 Å². The molecule has 1 heterocycles. The molecular formula is C13H23N5. The van der Waals surface area contributed by atoms with E-state index in [2.05, 4.69) is 27.2 Å². The second-order valence-corrected chi connectivity index (χ2v) is 5.13. The summed E-state index contributed by atoms with van der Waals surface area (Å²) in [6.07, 6.45) is 3.93. The minimum atomic E-state index is 0.695. The van der Waals surface area contributed by atoms with E-state index in [0.29, 0.717) is 5.82 Å². The Bertz CT molecular complexity index is 389. The molecule has 0 aliphatic heterocycles. The molecule has 0 unspecified atom stereocenters. The summed E-state index contributed by atoms with van der Waals surface area (Å²) in [5.74, 6) is 7.86. The highest BCUT2D eigenvalue weighted by Gasteiger charge is 2.24. The van der Waals surface area contributed by atoms with Crippen molar-refractivity contribution in [2.24, 2.45) is 11.8 Å². The van der Waals surface area contributed by atoms with Crippen molar-refractivity contribution in [2.45, 2.75) is 39.7 Å². The van der Waals surface area contributed by atoms with Crippen molar-refractivity contribution in [1.82, 2.24) is 14.9 Å². The number of nitrogens with one attached hydrogen (secondary N) is 1. The first-order chi connectivity index (χ1) is 8.71. The van der Waals surface area contributed by atoms with E-state index in [1.165, 1.54) is 25.8 Å². The first-order valence-corrected chi connectivity index (χ1v) is 6.74. The summed E-state index contributed by atoms with van der Waals surface area (Å²) in [6, 6.07) is 1.86. The van der Waals surface area contributed by atoms with Crippen LogP contribution in [0.1, 0.15) is 37.7 Å². The molecule has 0 saturated heterocycles. The van der Waals surface area contributed by atoms with Crippen molar-refractivity contribution in [3.63, 3.8) is 0 Å². The van der Waals surface area contributed by atoms with Crippen LogP contribution in [0.4, 0.5) is 5.82 Å². The molecule has 0 atom stereocenters. The molecular weight excluding hydrogens is 226 g/mol. The fourth-order valence-corrected chi connectivity index (χ4v) is 2.19. The Balaban J connectivity index is 2.01. The Morgan fingerprint density at radius 2 is 2.22 bits per heavy atom. The maximum Gasteiger partial charge on any atom is 0.145 e. The smallest absolute Gasteiger partial charge is 0.145 e. The zero-order valence-electron chi connectivity index (χ0n) is 11.3. The van der Waals surface area contributed by atoms with Gasteiger partial charge in [0.15, 0.2) is 0 Å². The third kappa shape index (κ3) is 3.92. The Kier molecular flexibility index (Phi) is 4.49. The van der Waals surface area contributed by atoms with Crippen LogP contribution in [-0.2, 0) is 6.54 Å². The number of nitrogens with two attached hydrogens (primary N) is 1. The van der Waals surface area contributed by atoms with Gasteiger partial charge >= 0.3 is 0 Å². The second kappa shape index (κ2) is 6.11. The van der Waals surface area contributed by atoms with E-state index < -0.39 is 0 Å². The van der Waals surface area contributed by atoms with Crippen LogP contribution < -0.4 is 11.3 Å². The van der Waals surface area contributed by atoms with Crippen LogP contribution >= 0.6 is 0 Å². The summed E-state index contributed by atoms with van der Waals surface area (Å²) in [4.78, 5) is 11.3. The van der Waals surface area contributed by atoms with E-state index in [1.807, 2.05) is 13.0 Å². The Labute approximate surface area is 109 Å². The van der Waals surface area contributed by atoms with Gasteiger partial charge in [-0.3, -0.25) is 4.90 Å². The number of hydrazine groups is 1. The van der Waals surface area contributed by atoms with Crippen molar-refractivity contribution in [3.05, 3.63) is 17.6 Å². The summed E-state index contributed by atoms with van der Waals surface area (Å²) in [7, 11) is 0. The monoisotopic (exact) mass is 249 g/mol. The molecule has 1 aromatic heterocycles. The fraction of sp³-hybridized carbons (Fsp3) is 0.692. The number of aryl methyl sites for hydroxylation is 1. The van der Waals surface area contributed by atoms with Gasteiger partial charge in [0.25, 0.3) is 0 Å². The number of hydrogen-bond donors (Lipinski definition) is 2. The summed E-state index contributed by atoms with van der Waals surface area (Å²) in [6.45, 7) is 7.29. The zero-order valence-corrected chi connectivity index (χ0v) is 11.3. The second-order valence-electron chi connectivity index (χ2n) is 5.13. The summed E-state index contributed by atoms with van der Waals surface area (Å²) >= 11 is 0. The molecule has 1 saturated carbocycles. The van der Waals surface area contributed by atoms with Gasteiger partial charge in [-0.05, 0) is 38.6 Å². The van der Waals surface area contributed by atoms with E-state index in [1.54, 1.807) is 0 Å². The molecule has 1 aliphatic rings. The van der Waals surface area contributed by atoms with Gasteiger partial charge in [0.05, 0.1) is 6.54 Å². The molecule has 1 fully saturated rings. The van der Waals surface area contributed by atoms with Gasteiger partial charge in [-0.1, -0.05) is 6.92 Å². The molecule has 5 heteroatoms. The predicted molar refractivity (Wildman–Crippen MR) is 72.9 cm³/mol. The molecule has 3 N–H and O–H groups in total. The van der Waals surface area contributed by atoms with E-state index in [-0.39, 0.29) is 0 Å². The van der Waals surface area contributed by atoms with E-state index in [4.69, 9.17) is 5.84 Å². The van der Waals surface area contributed by atoms with Gasteiger partial charge in [0.1, 0.15) is 11.6 Å². The van der Waals surface area contributed by atoms with Crippen LogP contribution in [-0.4, -0.2) is 28.0 Å². The quantitative estimate of drug-likeness (QED) is 0.568. The first kappa shape index (κ1) is 13.2. The third-order valence-electron chi connectivity index (χ3n) is 3.17. The lowest BCUT2D eigenvalue weighted by atomic mass is 10.3. The van der Waals surface area contributed by atoms with Gasteiger partial charge in [0.2, 0.25) is 0 Å². The van der Waals surface area contributed by atoms with E-state index in [9.17, 15) is 0 Å². The van der Waals surface area contributed by atoms with Gasteiger partial charge in [-0.2, -0.15) is 0 Å². The molecule has 0 aromatic carbocycles. The van der Waals surface area contributed by atoms with Crippen LogP contribution in [0.15, 0.2) is 6.07 Å². The maximum absolute atomic E-state index is 5.41. The first-order valence-electron chi connectivity index (χ1n) is 6.74. The highest BCUT2D eigenvalue weighted by molar-refractivity contribution is 5.33. The SMILES string of the molecule is CCCN(Cc1nc(C)cc(NN)n1)CC1CC1. The van der Waals surface area contributed by atoms with Crippen molar-refractivity contribution >= 4 is 5.82 Å². The molecule has 100 valence electrons. The summed E-state index contributed by atoms with van der Waals surface area (Å²) in [5.41, 5.74) is 3.55. The van der Waals surface area contributed by atoms with Gasteiger partial charge in [0, 0.05) is 18.3 Å². The molecule has 0 bridgehead atoms.